The van der Waals surface area contributed by atoms with Crippen LogP contribution in [0.4, 0.5) is 0 Å². The van der Waals surface area contributed by atoms with Crippen LogP contribution in [0.1, 0.15) is 35.8 Å². The lowest BCUT2D eigenvalue weighted by Crippen LogP contribution is -2.33. The van der Waals surface area contributed by atoms with Crippen LogP contribution in [-0.2, 0) is 4.79 Å². The number of nitrogens with zero attached hydrogens (tertiary/aromatic N) is 1. The predicted octanol–water partition coefficient (Wildman–Crippen LogP) is 2.03. The molecule has 18 heavy (non-hydrogen) atoms. The molecule has 2 N–H and O–H groups in total. The van der Waals surface area contributed by atoms with E-state index in [4.69, 9.17) is 16.7 Å². The number of carboxylic acid groups (broad SMARTS) is 1. The number of nitrogens with one attached hydrogen (secondary N) is 1. The molecule has 1 aromatic heterocycles. The maximum atomic E-state index is 11.8. The van der Waals surface area contributed by atoms with Gasteiger partial charge in [-0.1, -0.05) is 11.6 Å². The Bertz CT molecular complexity index is 463. The third-order valence-corrected chi connectivity index (χ3v) is 2.72. The molecule has 0 spiro atoms. The Balaban J connectivity index is 2.62. The normalized spacial score (nSPS) is 11.9. The van der Waals surface area contributed by atoms with E-state index >= 15 is 0 Å². The minimum absolute atomic E-state index is 0.0152. The SMILES string of the molecule is Cc1cc(Cl)c(C(=O)NC(C)CCC(=O)O)cn1. The monoisotopic (exact) mass is 270 g/mol. The van der Waals surface area contributed by atoms with Crippen LogP contribution in [0, 0.1) is 6.92 Å². The van der Waals surface area contributed by atoms with Crippen LogP contribution in [0.15, 0.2) is 12.3 Å². The van der Waals surface area contributed by atoms with Crippen LogP contribution in [0.3, 0.4) is 0 Å². The molecule has 0 fully saturated rings. The average molecular weight is 271 g/mol. The van der Waals surface area contributed by atoms with E-state index in [1.807, 2.05) is 0 Å². The number of hydrogen-bond donors (Lipinski definition) is 2. The molecule has 98 valence electrons. The molecule has 1 aromatic rings. The van der Waals surface area contributed by atoms with Gasteiger partial charge in [-0.25, -0.2) is 0 Å². The number of hydrogen-bond acceptors (Lipinski definition) is 3. The van der Waals surface area contributed by atoms with Crippen molar-refractivity contribution in [3.05, 3.63) is 28.5 Å². The van der Waals surface area contributed by atoms with Gasteiger partial charge in [0.25, 0.3) is 5.91 Å². The lowest BCUT2D eigenvalue weighted by atomic mass is 10.1. The van der Waals surface area contributed by atoms with Crippen molar-refractivity contribution in [1.82, 2.24) is 10.3 Å². The van der Waals surface area contributed by atoms with Crippen molar-refractivity contribution < 1.29 is 14.7 Å². The number of carbonyl (C=O) groups is 2. The summed E-state index contributed by atoms with van der Waals surface area (Å²) in [5, 5.41) is 11.6. The van der Waals surface area contributed by atoms with E-state index in [-0.39, 0.29) is 18.4 Å². The van der Waals surface area contributed by atoms with Crippen LogP contribution in [-0.4, -0.2) is 28.0 Å². The summed E-state index contributed by atoms with van der Waals surface area (Å²) in [5.41, 5.74) is 1.03. The van der Waals surface area contributed by atoms with Gasteiger partial charge in [0.05, 0.1) is 10.6 Å². The van der Waals surface area contributed by atoms with Gasteiger partial charge in [0.15, 0.2) is 0 Å². The van der Waals surface area contributed by atoms with Crippen LogP contribution in [0.5, 0.6) is 0 Å². The number of amides is 1. The number of carboxylic acids is 1. The number of halogens is 1. The first-order chi connectivity index (χ1) is 8.40. The average Bonchev–Trinajstić information content (AvgIpc) is 2.26. The maximum Gasteiger partial charge on any atom is 0.303 e. The van der Waals surface area contributed by atoms with Gasteiger partial charge in [-0.3, -0.25) is 14.6 Å². The zero-order valence-corrected chi connectivity index (χ0v) is 11.0. The summed E-state index contributed by atoms with van der Waals surface area (Å²) >= 11 is 5.94. The summed E-state index contributed by atoms with van der Waals surface area (Å²) in [5.74, 6) is -1.23. The summed E-state index contributed by atoms with van der Waals surface area (Å²) in [6, 6.07) is 1.38. The second-order valence-electron chi connectivity index (χ2n) is 4.11. The van der Waals surface area contributed by atoms with Gasteiger partial charge in [0, 0.05) is 24.4 Å². The molecule has 0 saturated carbocycles. The number of aliphatic carboxylic acids is 1. The van der Waals surface area contributed by atoms with Crippen molar-refractivity contribution in [3.8, 4) is 0 Å². The second kappa shape index (κ2) is 6.35. The first-order valence-corrected chi connectivity index (χ1v) is 5.92. The molecule has 1 rings (SSSR count). The highest BCUT2D eigenvalue weighted by atomic mass is 35.5. The largest absolute Gasteiger partial charge is 0.481 e. The van der Waals surface area contributed by atoms with Crippen molar-refractivity contribution in [2.24, 2.45) is 0 Å². The molecule has 0 aliphatic heterocycles. The summed E-state index contributed by atoms with van der Waals surface area (Å²) in [7, 11) is 0. The molecule has 0 saturated heterocycles. The topological polar surface area (TPSA) is 79.3 Å². The molecule has 1 atom stereocenters. The zero-order valence-electron chi connectivity index (χ0n) is 10.2. The summed E-state index contributed by atoms with van der Waals surface area (Å²) in [6.07, 6.45) is 1.80. The lowest BCUT2D eigenvalue weighted by Gasteiger charge is -2.13. The maximum absolute atomic E-state index is 11.8. The second-order valence-corrected chi connectivity index (χ2v) is 4.52. The first kappa shape index (κ1) is 14.4. The van der Waals surface area contributed by atoms with Gasteiger partial charge < -0.3 is 10.4 Å². The van der Waals surface area contributed by atoms with Crippen LogP contribution < -0.4 is 5.32 Å². The van der Waals surface area contributed by atoms with E-state index < -0.39 is 5.97 Å². The van der Waals surface area contributed by atoms with E-state index in [0.717, 1.165) is 5.69 Å². The highest BCUT2D eigenvalue weighted by Gasteiger charge is 2.14. The Morgan fingerprint density at radius 3 is 2.78 bits per heavy atom. The van der Waals surface area contributed by atoms with Crippen molar-refractivity contribution in [3.63, 3.8) is 0 Å². The fraction of sp³-hybridized carbons (Fsp3) is 0.417. The molecule has 6 heteroatoms. The van der Waals surface area contributed by atoms with E-state index in [2.05, 4.69) is 10.3 Å². The Morgan fingerprint density at radius 1 is 1.56 bits per heavy atom. The molecular weight excluding hydrogens is 256 g/mol. The van der Waals surface area contributed by atoms with E-state index in [1.165, 1.54) is 6.20 Å². The van der Waals surface area contributed by atoms with Crippen molar-refractivity contribution in [2.75, 3.05) is 0 Å². The number of aryl methyl sites for hydroxylation is 1. The smallest absolute Gasteiger partial charge is 0.303 e. The third-order valence-electron chi connectivity index (χ3n) is 2.40. The van der Waals surface area contributed by atoms with Gasteiger partial charge in [-0.2, -0.15) is 0 Å². The third kappa shape index (κ3) is 4.33. The lowest BCUT2D eigenvalue weighted by molar-refractivity contribution is -0.137. The molecule has 1 heterocycles. The highest BCUT2D eigenvalue weighted by Crippen LogP contribution is 2.15. The zero-order chi connectivity index (χ0) is 13.7. The fourth-order valence-corrected chi connectivity index (χ4v) is 1.70. The van der Waals surface area contributed by atoms with Gasteiger partial charge in [-0.05, 0) is 26.3 Å². The predicted molar refractivity (Wildman–Crippen MR) is 67.8 cm³/mol. The Labute approximate surface area is 110 Å². The number of carbonyl (C=O) groups excluding carboxylic acids is 1. The molecule has 1 unspecified atom stereocenters. The summed E-state index contributed by atoms with van der Waals surface area (Å²) < 4.78 is 0. The van der Waals surface area contributed by atoms with Crippen LogP contribution in [0.2, 0.25) is 5.02 Å². The van der Waals surface area contributed by atoms with E-state index in [9.17, 15) is 9.59 Å². The van der Waals surface area contributed by atoms with Gasteiger partial charge in [0.2, 0.25) is 0 Å². The number of aromatic nitrogens is 1. The molecule has 1 amide bonds. The van der Waals surface area contributed by atoms with Gasteiger partial charge >= 0.3 is 5.97 Å². The van der Waals surface area contributed by atoms with E-state index in [1.54, 1.807) is 19.9 Å². The highest BCUT2D eigenvalue weighted by molar-refractivity contribution is 6.33. The minimum Gasteiger partial charge on any atom is -0.481 e. The minimum atomic E-state index is -0.883. The Morgan fingerprint density at radius 2 is 2.22 bits per heavy atom. The standard InChI is InChI=1S/C12H15ClN2O3/c1-7(3-4-11(16)17)15-12(18)9-6-14-8(2)5-10(9)13/h5-7H,3-4H2,1-2H3,(H,15,18)(H,16,17). The van der Waals surface area contributed by atoms with E-state index in [0.29, 0.717) is 17.0 Å². The van der Waals surface area contributed by atoms with Gasteiger partial charge in [0.1, 0.15) is 0 Å². The molecular formula is C12H15ClN2O3. The quantitative estimate of drug-likeness (QED) is 0.858. The van der Waals surface area contributed by atoms with Crippen molar-refractivity contribution in [1.29, 1.82) is 0 Å². The van der Waals surface area contributed by atoms with Crippen LogP contribution >= 0.6 is 11.6 Å². The first-order valence-electron chi connectivity index (χ1n) is 5.55. The molecule has 0 aliphatic rings. The molecule has 0 radical (unpaired) electrons. The summed E-state index contributed by atoms with van der Waals surface area (Å²) in [6.45, 7) is 3.53. The Kier molecular flexibility index (Phi) is 5.09. The summed E-state index contributed by atoms with van der Waals surface area (Å²) in [4.78, 5) is 26.3. The number of rotatable bonds is 5. The molecule has 0 aromatic carbocycles. The van der Waals surface area contributed by atoms with Gasteiger partial charge in [-0.15, -0.1) is 0 Å². The van der Waals surface area contributed by atoms with Crippen molar-refractivity contribution >= 4 is 23.5 Å². The fourth-order valence-electron chi connectivity index (χ4n) is 1.41. The molecule has 0 bridgehead atoms. The number of pyridine rings is 1. The van der Waals surface area contributed by atoms with Crippen LogP contribution in [0.25, 0.3) is 0 Å². The molecule has 0 aliphatic carbocycles. The Hall–Kier alpha value is -1.62. The van der Waals surface area contributed by atoms with Crippen molar-refractivity contribution in [2.45, 2.75) is 32.7 Å². The molecule has 5 nitrogen and oxygen atoms in total.